The van der Waals surface area contributed by atoms with Crippen molar-refractivity contribution >= 4 is 65.5 Å². The Hall–Kier alpha value is -5.77. The molecule has 2 saturated heterocycles. The molecule has 8 bridgehead atoms. The van der Waals surface area contributed by atoms with E-state index in [1.165, 1.54) is 33.4 Å². The van der Waals surface area contributed by atoms with Crippen molar-refractivity contribution in [2.75, 3.05) is 0 Å². The van der Waals surface area contributed by atoms with Crippen molar-refractivity contribution in [1.29, 1.82) is 0 Å². The maximum absolute atomic E-state index is 7.05. The van der Waals surface area contributed by atoms with E-state index in [0.29, 0.717) is 0 Å². The summed E-state index contributed by atoms with van der Waals surface area (Å²) in [5.74, 6) is 0. The van der Waals surface area contributed by atoms with Crippen LogP contribution in [0.1, 0.15) is 236 Å². The molecule has 2 fully saturated rings. The van der Waals surface area contributed by atoms with Gasteiger partial charge in [-0.25, -0.2) is 9.97 Å². The van der Waals surface area contributed by atoms with Crippen LogP contribution in [0.25, 0.3) is 79.1 Å². The summed E-state index contributed by atoms with van der Waals surface area (Å²) >= 11 is 0. The number of hydrogen-bond acceptors (Lipinski definition) is 6. The van der Waals surface area contributed by atoms with Crippen LogP contribution in [0.4, 0.5) is 0 Å². The van der Waals surface area contributed by atoms with E-state index < -0.39 is 36.6 Å². The second-order valence-corrected chi connectivity index (χ2v) is 32.9. The molecular weight excluding hydrogens is 1030 g/mol. The highest BCUT2D eigenvalue weighted by molar-refractivity contribution is 6.71. The Kier molecular flexibility index (Phi) is 14.5. The highest BCUT2D eigenvalue weighted by Gasteiger charge is 2.54. The van der Waals surface area contributed by atoms with Crippen molar-refractivity contribution < 1.29 is 18.6 Å². The van der Waals surface area contributed by atoms with Crippen LogP contribution in [-0.2, 0) is 51.1 Å². The number of benzene rings is 3. The van der Waals surface area contributed by atoms with E-state index in [1.54, 1.807) is 0 Å². The summed E-state index contributed by atoms with van der Waals surface area (Å²) in [4.78, 5) is 19.9. The van der Waals surface area contributed by atoms with Gasteiger partial charge in [0.2, 0.25) is 0 Å². The third-order valence-electron chi connectivity index (χ3n) is 18.8. The topological polar surface area (TPSA) is 94.3 Å². The van der Waals surface area contributed by atoms with Crippen LogP contribution >= 0.6 is 0 Å². The highest BCUT2D eigenvalue weighted by atomic mass is 16.7. The van der Waals surface area contributed by atoms with Gasteiger partial charge in [0, 0.05) is 49.7 Å². The Bertz CT molecular complexity index is 3750. The van der Waals surface area contributed by atoms with Crippen molar-refractivity contribution in [3.05, 3.63) is 135 Å². The molecule has 3 aromatic heterocycles. The van der Waals surface area contributed by atoms with E-state index in [-0.39, 0.29) is 32.5 Å². The summed E-state index contributed by atoms with van der Waals surface area (Å²) < 4.78 is 28.2. The van der Waals surface area contributed by atoms with Crippen molar-refractivity contribution in [3.63, 3.8) is 0 Å². The van der Waals surface area contributed by atoms with Crippen LogP contribution < -0.4 is 5.46 Å². The molecule has 6 aromatic rings. The Morgan fingerprint density at radius 3 is 1.00 bits per heavy atom. The Morgan fingerprint density at radius 2 is 0.655 bits per heavy atom. The second kappa shape index (κ2) is 19.9. The number of nitrogens with one attached hydrogen (secondary N) is 2. The molecule has 2 N–H and O–H groups in total. The van der Waals surface area contributed by atoms with Crippen molar-refractivity contribution in [2.45, 2.75) is 235 Å². The average Bonchev–Trinajstić information content (AvgIpc) is 1.69. The molecule has 0 aliphatic carbocycles. The quantitative estimate of drug-likeness (QED) is 0.167. The van der Waals surface area contributed by atoms with Gasteiger partial charge in [-0.1, -0.05) is 179 Å². The van der Waals surface area contributed by atoms with Crippen LogP contribution in [0.15, 0.2) is 78.9 Å². The largest absolute Gasteiger partial charge is 0.497 e. The number of rotatable bonds is 5. The maximum atomic E-state index is 7.05. The molecule has 0 amide bonds. The first-order valence-corrected chi connectivity index (χ1v) is 30.7. The number of fused-ring (bicyclic) bond motifs is 8. The van der Waals surface area contributed by atoms with Crippen LogP contribution in [0.3, 0.4) is 0 Å². The smallest absolute Gasteiger partial charge is 0.399 e. The van der Waals surface area contributed by atoms with Gasteiger partial charge < -0.3 is 28.6 Å². The number of hydrogen-bond donors (Lipinski definition) is 2. The van der Waals surface area contributed by atoms with Crippen LogP contribution in [-0.4, -0.2) is 56.6 Å². The molecule has 0 atom stereocenters. The Balaban J connectivity index is 1.47. The zero-order chi connectivity index (χ0) is 61.8. The van der Waals surface area contributed by atoms with Gasteiger partial charge in [0.1, 0.15) is 0 Å². The van der Waals surface area contributed by atoms with Gasteiger partial charge in [-0.15, -0.1) is 0 Å². The predicted molar refractivity (Wildman–Crippen MR) is 358 cm³/mol. The van der Waals surface area contributed by atoms with Gasteiger partial charge in [-0.05, 0) is 180 Å². The van der Waals surface area contributed by atoms with E-state index in [4.69, 9.17) is 28.6 Å². The van der Waals surface area contributed by atoms with Gasteiger partial charge >= 0.3 is 14.2 Å². The van der Waals surface area contributed by atoms with E-state index >= 15 is 0 Å². The lowest BCUT2D eigenvalue weighted by atomic mass is 9.75. The minimum Gasteiger partial charge on any atom is -0.399 e. The molecule has 10 heteroatoms. The first-order chi connectivity index (χ1) is 38.3. The highest BCUT2D eigenvalue weighted by Crippen LogP contribution is 2.47. The first kappa shape index (κ1) is 61.3. The normalized spacial score (nSPS) is 18.0. The molecule has 10 rings (SSSR count). The van der Waals surface area contributed by atoms with E-state index in [1.807, 2.05) is 0 Å². The van der Waals surface area contributed by atoms with Gasteiger partial charge in [-0.3, -0.25) is 0 Å². The molecule has 0 unspecified atom stereocenters. The lowest BCUT2D eigenvalue weighted by Crippen LogP contribution is -2.41. The van der Waals surface area contributed by atoms with Crippen LogP contribution in [0, 0.1) is 0 Å². The number of H-pyrrole nitrogens is 2. The Morgan fingerprint density at radius 1 is 0.345 bits per heavy atom. The van der Waals surface area contributed by atoms with Crippen molar-refractivity contribution in [2.24, 2.45) is 0 Å². The lowest BCUT2D eigenvalue weighted by Gasteiger charge is -2.32. The molecule has 0 radical (unpaired) electrons. The fourth-order valence-corrected chi connectivity index (χ4v) is 11.5. The zero-order valence-corrected chi connectivity index (χ0v) is 55.9. The fourth-order valence-electron chi connectivity index (χ4n) is 11.5. The minimum absolute atomic E-state index is 0.138. The summed E-state index contributed by atoms with van der Waals surface area (Å²) in [7, 11) is -1.46. The monoisotopic (exact) mass is 1130 g/mol. The lowest BCUT2D eigenvalue weighted by molar-refractivity contribution is 0.00578. The molecule has 0 spiro atoms. The average molecular weight is 1130 g/mol. The molecule has 3 aromatic carbocycles. The van der Waals surface area contributed by atoms with Gasteiger partial charge in [0.25, 0.3) is 0 Å². The van der Waals surface area contributed by atoms with Crippen LogP contribution in [0.5, 0.6) is 0 Å². The molecule has 4 aliphatic rings. The molecule has 442 valence electrons. The third-order valence-corrected chi connectivity index (χ3v) is 18.8. The molecule has 4 aliphatic heterocycles. The van der Waals surface area contributed by atoms with Crippen LogP contribution in [0.2, 0.25) is 0 Å². The van der Waals surface area contributed by atoms with Crippen molar-refractivity contribution in [3.8, 4) is 33.4 Å². The fraction of sp³-hybridized carbons (Fsp3) is 0.486. The maximum Gasteiger partial charge on any atom is 0.497 e. The Labute approximate surface area is 504 Å². The summed E-state index contributed by atoms with van der Waals surface area (Å²) in [6, 6.07) is 30.4. The number of nitrogens with zero attached hydrogens (tertiary/aromatic N) is 2. The van der Waals surface area contributed by atoms with E-state index in [0.717, 1.165) is 89.2 Å². The summed E-state index contributed by atoms with van der Waals surface area (Å²) in [6.45, 7) is 58.4. The molecule has 0 saturated carbocycles. The summed E-state index contributed by atoms with van der Waals surface area (Å²) in [5.41, 5.74) is 18.8. The standard InChI is InChI=1S/C74H96B2N4O4/c1-65(2,3)46-31-43(32-47(37-46)66(4,5)6)62-54-27-29-56(77-54)63(44-33-48(67(7,8)9)38-49(34-44)68(10,11)12)60-40-52(75-81-71(19,20)72(21,22)82-75)58(79-60)42-59-53(76-83-73(23,24)74(25,26)84-76)41-61(80-59)64(57-30-28-55(62)78-57)45-35-50(69(13,14)15)39-51(36-45)70(16,17)18/h27-42,77,80H,1-26H3. The summed E-state index contributed by atoms with van der Waals surface area (Å²) in [6.07, 6.45) is 6.65. The number of aromatic amines is 2. The molecule has 8 nitrogen and oxygen atoms in total. The van der Waals surface area contributed by atoms with Gasteiger partial charge in [-0.2, -0.15) is 0 Å². The summed E-state index contributed by atoms with van der Waals surface area (Å²) in [5, 5.41) is 0. The van der Waals surface area contributed by atoms with E-state index in [9.17, 15) is 0 Å². The molecular formula is C74H96B2N4O4. The van der Waals surface area contributed by atoms with Gasteiger partial charge in [0.05, 0.1) is 45.2 Å². The zero-order valence-electron chi connectivity index (χ0n) is 55.9. The third kappa shape index (κ3) is 11.4. The van der Waals surface area contributed by atoms with Crippen molar-refractivity contribution in [1.82, 2.24) is 19.9 Å². The minimum atomic E-state index is -0.734. The van der Waals surface area contributed by atoms with Gasteiger partial charge in [0.15, 0.2) is 0 Å². The second-order valence-electron chi connectivity index (χ2n) is 32.9. The van der Waals surface area contributed by atoms with E-state index in [2.05, 4.69) is 287 Å². The molecule has 84 heavy (non-hydrogen) atoms. The number of aromatic nitrogens is 4. The first-order valence-electron chi connectivity index (χ1n) is 30.7. The predicted octanol–water partition coefficient (Wildman–Crippen LogP) is 18.7. The SMILES string of the molecule is CC(C)(C)c1cc(-c2c3nc(c(-c4cc(C(C)(C)C)cc(C(C)(C)C)c4)c4ccc([nH]4)c(-c4cc(C(C)(C)C)cc(C(C)(C)C)c4)c4nc(cc5[nH]c2cc5B2OC(C)(C)C(C)(C)O2)C(B2OC(C)(C)C(C)(C)O2)=C4)C=C3)cc(C(C)(C)C)c1. The molecule has 7 heterocycles.